The number of anilines is 2. The number of hydrogen-bond acceptors (Lipinski definition) is 5. The fourth-order valence-corrected chi connectivity index (χ4v) is 4.53. The predicted molar refractivity (Wildman–Crippen MR) is 134 cm³/mol. The zero-order valence-corrected chi connectivity index (χ0v) is 19.8. The van der Waals surface area contributed by atoms with Gasteiger partial charge in [0.05, 0.1) is 12.0 Å². The third-order valence-electron chi connectivity index (χ3n) is 6.34. The van der Waals surface area contributed by atoms with Gasteiger partial charge in [-0.15, -0.1) is 12.4 Å². The summed E-state index contributed by atoms with van der Waals surface area (Å²) in [5, 5.41) is 12.3. The molecular weight excluding hydrogens is 471 g/mol. The first kappa shape index (κ1) is 24.6. The highest BCUT2D eigenvalue weighted by molar-refractivity contribution is 6.24. The van der Waals surface area contributed by atoms with E-state index in [2.05, 4.69) is 15.7 Å². The van der Waals surface area contributed by atoms with Crippen LogP contribution < -0.4 is 15.6 Å². The van der Waals surface area contributed by atoms with Crippen LogP contribution in [0, 0.1) is 11.2 Å². The van der Waals surface area contributed by atoms with Gasteiger partial charge in [0, 0.05) is 18.7 Å². The minimum atomic E-state index is -0.747. The van der Waals surface area contributed by atoms with Crippen LogP contribution in [-0.4, -0.2) is 30.6 Å². The Morgan fingerprint density at radius 3 is 2.57 bits per heavy atom. The Labute approximate surface area is 208 Å². The molecule has 1 unspecified atom stereocenters. The molecule has 7 nitrogen and oxygen atoms in total. The quantitative estimate of drug-likeness (QED) is 0.525. The number of piperidine rings is 1. The number of nitrogens with zero attached hydrogens (tertiary/aromatic N) is 2. The van der Waals surface area contributed by atoms with E-state index in [1.54, 1.807) is 48.7 Å². The third kappa shape index (κ3) is 4.99. The number of nitrogens with one attached hydrogen (secondary N) is 2. The van der Waals surface area contributed by atoms with Crippen LogP contribution in [0.15, 0.2) is 76.4 Å². The number of rotatable bonds is 6. The molecule has 3 heterocycles. The van der Waals surface area contributed by atoms with Gasteiger partial charge in [-0.3, -0.25) is 9.59 Å². The van der Waals surface area contributed by atoms with Crippen molar-refractivity contribution in [1.82, 2.24) is 5.32 Å². The van der Waals surface area contributed by atoms with Crippen LogP contribution in [0.3, 0.4) is 0 Å². The van der Waals surface area contributed by atoms with Gasteiger partial charge in [-0.1, -0.05) is 12.1 Å². The number of amides is 2. The molecular formula is C26H26ClFN4O3. The van der Waals surface area contributed by atoms with Crippen molar-refractivity contribution in [2.45, 2.75) is 25.7 Å². The molecule has 0 bridgehead atoms. The molecule has 5 rings (SSSR count). The summed E-state index contributed by atoms with van der Waals surface area (Å²) in [6, 6.07) is 16.8. The van der Waals surface area contributed by atoms with Gasteiger partial charge in [0.2, 0.25) is 5.91 Å². The first-order valence-electron chi connectivity index (χ1n) is 11.4. The van der Waals surface area contributed by atoms with Crippen molar-refractivity contribution in [2.75, 3.05) is 23.4 Å². The van der Waals surface area contributed by atoms with Crippen molar-refractivity contribution in [2.24, 2.45) is 10.5 Å². The van der Waals surface area contributed by atoms with Gasteiger partial charge in [-0.05, 0) is 79.9 Å². The summed E-state index contributed by atoms with van der Waals surface area (Å²) in [6.07, 6.45) is 3.97. The lowest BCUT2D eigenvalue weighted by Gasteiger charge is -2.32. The largest absolute Gasteiger partial charge is 0.463 e. The van der Waals surface area contributed by atoms with E-state index < -0.39 is 5.41 Å². The van der Waals surface area contributed by atoms with Gasteiger partial charge < -0.3 is 15.1 Å². The van der Waals surface area contributed by atoms with Crippen LogP contribution in [-0.2, 0) is 16.0 Å². The molecule has 1 atom stereocenters. The molecule has 1 saturated heterocycles. The molecule has 3 aromatic rings. The minimum Gasteiger partial charge on any atom is -0.463 e. The van der Waals surface area contributed by atoms with Gasteiger partial charge in [-0.25, -0.2) is 4.39 Å². The highest BCUT2D eigenvalue weighted by atomic mass is 35.5. The van der Waals surface area contributed by atoms with Crippen molar-refractivity contribution < 1.29 is 18.4 Å². The van der Waals surface area contributed by atoms with E-state index in [4.69, 9.17) is 4.42 Å². The molecule has 2 aliphatic rings. The Morgan fingerprint density at radius 2 is 1.91 bits per heavy atom. The number of benzene rings is 2. The number of halogens is 2. The first-order valence-corrected chi connectivity index (χ1v) is 11.4. The van der Waals surface area contributed by atoms with Crippen molar-refractivity contribution >= 4 is 41.3 Å². The first-order chi connectivity index (χ1) is 16.5. The van der Waals surface area contributed by atoms with E-state index in [0.29, 0.717) is 42.2 Å². The fourth-order valence-electron chi connectivity index (χ4n) is 4.53. The smallest absolute Gasteiger partial charge is 0.261 e. The van der Waals surface area contributed by atoms with Crippen LogP contribution in [0.1, 0.15) is 30.6 Å². The van der Waals surface area contributed by atoms with Crippen LogP contribution >= 0.6 is 12.4 Å². The molecule has 1 aromatic heterocycles. The number of carbonyl (C=O) groups excluding carboxylic acids is 2. The summed E-state index contributed by atoms with van der Waals surface area (Å²) in [5.74, 6) is 0.0857. The van der Waals surface area contributed by atoms with E-state index in [9.17, 15) is 14.0 Å². The Bertz CT molecular complexity index is 1200. The third-order valence-corrected chi connectivity index (χ3v) is 6.34. The molecule has 2 aliphatic heterocycles. The molecule has 182 valence electrons. The molecule has 1 fully saturated rings. The van der Waals surface area contributed by atoms with Crippen molar-refractivity contribution in [3.8, 4) is 0 Å². The maximum atomic E-state index is 13.5. The summed E-state index contributed by atoms with van der Waals surface area (Å²) in [5.41, 5.74) is 2.05. The van der Waals surface area contributed by atoms with E-state index in [-0.39, 0.29) is 36.5 Å². The highest BCUT2D eigenvalue weighted by Gasteiger charge is 2.53. The number of carbonyl (C=O) groups is 2. The molecule has 2 N–H and O–H groups in total. The second kappa shape index (κ2) is 10.4. The molecule has 35 heavy (non-hydrogen) atoms. The maximum Gasteiger partial charge on any atom is 0.261 e. The molecule has 1 spiro atoms. The monoisotopic (exact) mass is 496 g/mol. The summed E-state index contributed by atoms with van der Waals surface area (Å²) in [6.45, 7) is 1.39. The van der Waals surface area contributed by atoms with Gasteiger partial charge in [0.25, 0.3) is 5.91 Å². The van der Waals surface area contributed by atoms with Crippen LogP contribution in [0.5, 0.6) is 0 Å². The van der Waals surface area contributed by atoms with Gasteiger partial charge in [-0.2, -0.15) is 10.1 Å². The highest BCUT2D eigenvalue weighted by Crippen LogP contribution is 2.40. The number of hydrogen-bond donors (Lipinski definition) is 2. The number of aryl methyl sites for hydroxylation is 1. The zero-order valence-electron chi connectivity index (χ0n) is 19.0. The summed E-state index contributed by atoms with van der Waals surface area (Å²) >= 11 is 0. The van der Waals surface area contributed by atoms with Crippen molar-refractivity contribution in [3.63, 3.8) is 0 Å². The number of furan rings is 1. The van der Waals surface area contributed by atoms with Crippen LogP contribution in [0.4, 0.5) is 15.8 Å². The molecule has 0 aliphatic carbocycles. The van der Waals surface area contributed by atoms with E-state index in [1.807, 2.05) is 6.07 Å². The van der Waals surface area contributed by atoms with Gasteiger partial charge >= 0.3 is 0 Å². The summed E-state index contributed by atoms with van der Waals surface area (Å²) in [7, 11) is 0. The molecule has 2 amide bonds. The van der Waals surface area contributed by atoms with E-state index in [0.717, 1.165) is 18.5 Å². The lowest BCUT2D eigenvalue weighted by atomic mass is 9.75. The Morgan fingerprint density at radius 1 is 1.14 bits per heavy atom. The second-order valence-electron chi connectivity index (χ2n) is 8.63. The molecule has 0 radical (unpaired) electrons. The average molecular weight is 497 g/mol. The Kier molecular flexibility index (Phi) is 7.33. The summed E-state index contributed by atoms with van der Waals surface area (Å²) < 4.78 is 18.6. The molecule has 9 heteroatoms. The summed E-state index contributed by atoms with van der Waals surface area (Å²) in [4.78, 5) is 25.9. The van der Waals surface area contributed by atoms with E-state index in [1.165, 1.54) is 17.1 Å². The van der Waals surface area contributed by atoms with Crippen LogP contribution in [0.2, 0.25) is 0 Å². The van der Waals surface area contributed by atoms with Gasteiger partial charge in [0.1, 0.15) is 16.9 Å². The number of hydrazone groups is 1. The topological polar surface area (TPSA) is 86.9 Å². The maximum absolute atomic E-state index is 13.5. The van der Waals surface area contributed by atoms with Gasteiger partial charge in [0.15, 0.2) is 5.76 Å². The second-order valence-corrected chi connectivity index (χ2v) is 8.63. The molecule has 2 aromatic carbocycles. The predicted octanol–water partition coefficient (Wildman–Crippen LogP) is 4.53. The standard InChI is InChI=1S/C26H25FN4O3.ClH/c27-19-7-4-18(5-8-19)6-13-23(32)29-20-9-11-21(12-10-20)31-25(33)26(14-2-15-28-17-26)24(30-31)22-3-1-16-34-22;/h1,3-5,7-12,16,28H,2,6,13-15,17H2,(H,29,32);1H. The average Bonchev–Trinajstić information content (AvgIpc) is 3.48. The van der Waals surface area contributed by atoms with Crippen molar-refractivity contribution in [3.05, 3.63) is 84.1 Å². The van der Waals surface area contributed by atoms with Crippen LogP contribution in [0.25, 0.3) is 0 Å². The zero-order chi connectivity index (χ0) is 23.5. The Balaban J connectivity index is 0.00000289. The lowest BCUT2D eigenvalue weighted by Crippen LogP contribution is -2.50. The van der Waals surface area contributed by atoms with Crippen molar-refractivity contribution in [1.29, 1.82) is 0 Å². The van der Waals surface area contributed by atoms with E-state index >= 15 is 0 Å². The lowest BCUT2D eigenvalue weighted by molar-refractivity contribution is -0.124. The SMILES string of the molecule is Cl.O=C(CCc1ccc(F)cc1)Nc1ccc(N2N=C(c3ccco3)C3(CCCNC3)C2=O)cc1. The normalized spacial score (nSPS) is 19.4. The minimum absolute atomic E-state index is 0. The Hall–Kier alpha value is -3.49. The fraction of sp³-hybridized carbons (Fsp3) is 0.269. The molecule has 0 saturated carbocycles.